The number of carboxylic acids is 1. The molecule has 1 aliphatic rings. The molecule has 0 amide bonds. The highest BCUT2D eigenvalue weighted by molar-refractivity contribution is 6.31. The van der Waals surface area contributed by atoms with E-state index in [0.717, 1.165) is 0 Å². The first-order chi connectivity index (χ1) is 9.06. The first-order valence-electron chi connectivity index (χ1n) is 6.06. The quantitative estimate of drug-likeness (QED) is 0.788. The van der Waals surface area contributed by atoms with Crippen molar-refractivity contribution < 1.29 is 19.7 Å². The Morgan fingerprint density at radius 2 is 2.11 bits per heavy atom. The fraction of sp³-hybridized carbons (Fsp3) is 0.462. The first-order valence-corrected chi connectivity index (χ1v) is 6.44. The van der Waals surface area contributed by atoms with Crippen molar-refractivity contribution in [2.75, 3.05) is 25.1 Å². The largest absolute Gasteiger partial charge is 0.478 e. The average molecular weight is 286 g/mol. The van der Waals surface area contributed by atoms with Gasteiger partial charge in [-0.3, -0.25) is 0 Å². The van der Waals surface area contributed by atoms with E-state index in [-0.39, 0.29) is 12.2 Å². The van der Waals surface area contributed by atoms with E-state index >= 15 is 0 Å². The van der Waals surface area contributed by atoms with Crippen LogP contribution < -0.4 is 5.32 Å². The summed E-state index contributed by atoms with van der Waals surface area (Å²) in [7, 11) is 0. The summed E-state index contributed by atoms with van der Waals surface area (Å²) in [5.41, 5.74) is 0.0377. The van der Waals surface area contributed by atoms with Gasteiger partial charge < -0.3 is 20.3 Å². The maximum Gasteiger partial charge on any atom is 0.337 e. The van der Waals surface area contributed by atoms with Gasteiger partial charge in [0.1, 0.15) is 0 Å². The van der Waals surface area contributed by atoms with Crippen molar-refractivity contribution in [2.45, 2.75) is 18.4 Å². The Morgan fingerprint density at radius 3 is 2.68 bits per heavy atom. The molecule has 1 saturated heterocycles. The maximum atomic E-state index is 11.2. The molecule has 5 nitrogen and oxygen atoms in total. The van der Waals surface area contributed by atoms with Crippen LogP contribution in [0.25, 0.3) is 0 Å². The van der Waals surface area contributed by atoms with Crippen molar-refractivity contribution in [1.29, 1.82) is 0 Å². The van der Waals surface area contributed by atoms with Crippen LogP contribution in [0.3, 0.4) is 0 Å². The number of hydrogen-bond acceptors (Lipinski definition) is 4. The zero-order valence-corrected chi connectivity index (χ0v) is 11.1. The Balaban J connectivity index is 2.28. The van der Waals surface area contributed by atoms with Crippen LogP contribution in [0.15, 0.2) is 18.2 Å². The van der Waals surface area contributed by atoms with Crippen molar-refractivity contribution in [2.24, 2.45) is 0 Å². The normalized spacial score (nSPS) is 18.0. The minimum atomic E-state index is -1.05. The molecule has 1 aliphatic heterocycles. The van der Waals surface area contributed by atoms with Crippen LogP contribution in [0.4, 0.5) is 5.69 Å². The monoisotopic (exact) mass is 285 g/mol. The van der Waals surface area contributed by atoms with Crippen LogP contribution in [0.1, 0.15) is 23.2 Å². The van der Waals surface area contributed by atoms with Gasteiger partial charge in [0.2, 0.25) is 0 Å². The minimum absolute atomic E-state index is 0.0714. The highest BCUT2D eigenvalue weighted by Gasteiger charge is 2.32. The molecule has 104 valence electrons. The number of benzene rings is 1. The van der Waals surface area contributed by atoms with Crippen LogP contribution in [0.5, 0.6) is 0 Å². The van der Waals surface area contributed by atoms with Gasteiger partial charge in [0, 0.05) is 23.9 Å². The van der Waals surface area contributed by atoms with Crippen LogP contribution >= 0.6 is 11.6 Å². The average Bonchev–Trinajstić information content (AvgIpc) is 2.42. The predicted octanol–water partition coefficient (Wildman–Crippen LogP) is 1.99. The van der Waals surface area contributed by atoms with E-state index in [1.165, 1.54) is 6.07 Å². The van der Waals surface area contributed by atoms with Gasteiger partial charge >= 0.3 is 5.97 Å². The third kappa shape index (κ3) is 3.18. The number of aliphatic hydroxyl groups excluding tert-OH is 1. The minimum Gasteiger partial charge on any atom is -0.478 e. The van der Waals surface area contributed by atoms with Gasteiger partial charge in [-0.15, -0.1) is 0 Å². The summed E-state index contributed by atoms with van der Waals surface area (Å²) >= 11 is 5.81. The Morgan fingerprint density at radius 1 is 1.42 bits per heavy atom. The van der Waals surface area contributed by atoms with Gasteiger partial charge in [-0.1, -0.05) is 11.6 Å². The van der Waals surface area contributed by atoms with E-state index in [1.54, 1.807) is 12.1 Å². The van der Waals surface area contributed by atoms with Gasteiger partial charge in [0.15, 0.2) is 0 Å². The Labute approximate surface area is 116 Å². The number of rotatable bonds is 4. The van der Waals surface area contributed by atoms with Gasteiger partial charge in [-0.05, 0) is 31.0 Å². The van der Waals surface area contributed by atoms with Gasteiger partial charge in [0.25, 0.3) is 0 Å². The number of aliphatic hydroxyl groups is 1. The lowest BCUT2D eigenvalue weighted by atomic mass is 9.90. The van der Waals surface area contributed by atoms with Crippen molar-refractivity contribution >= 4 is 23.3 Å². The lowest BCUT2D eigenvalue weighted by molar-refractivity contribution is 0.0379. The number of ether oxygens (including phenoxy) is 1. The predicted molar refractivity (Wildman–Crippen MR) is 71.9 cm³/mol. The van der Waals surface area contributed by atoms with Gasteiger partial charge in [-0.25, -0.2) is 4.79 Å². The molecule has 1 heterocycles. The number of halogens is 1. The van der Waals surface area contributed by atoms with Crippen LogP contribution in [-0.2, 0) is 4.74 Å². The van der Waals surface area contributed by atoms with E-state index in [9.17, 15) is 15.0 Å². The number of hydrogen-bond donors (Lipinski definition) is 3. The summed E-state index contributed by atoms with van der Waals surface area (Å²) in [4.78, 5) is 11.2. The molecule has 3 N–H and O–H groups in total. The second kappa shape index (κ2) is 5.77. The maximum absolute atomic E-state index is 11.2. The molecule has 1 aromatic rings. The molecule has 6 heteroatoms. The number of carboxylic acid groups (broad SMARTS) is 1. The molecular formula is C13H16ClNO4. The Bertz CT molecular complexity index is 472. The molecule has 19 heavy (non-hydrogen) atoms. The molecule has 0 atom stereocenters. The zero-order chi connectivity index (χ0) is 13.9. The molecule has 0 unspecified atom stereocenters. The summed E-state index contributed by atoms with van der Waals surface area (Å²) in [6.07, 6.45) is 1.26. The molecule has 2 rings (SSSR count). The SMILES string of the molecule is O=C(O)c1cc(Cl)ccc1NC1(CO)CCOCC1. The molecule has 1 aromatic carbocycles. The summed E-state index contributed by atoms with van der Waals surface area (Å²) in [6, 6.07) is 4.65. The second-order valence-electron chi connectivity index (χ2n) is 4.67. The van der Waals surface area contributed by atoms with E-state index < -0.39 is 11.5 Å². The van der Waals surface area contributed by atoms with Crippen molar-refractivity contribution in [3.05, 3.63) is 28.8 Å². The lowest BCUT2D eigenvalue weighted by Crippen LogP contribution is -2.47. The molecule has 0 bridgehead atoms. The number of nitrogens with one attached hydrogen (secondary N) is 1. The number of aromatic carboxylic acids is 1. The summed E-state index contributed by atoms with van der Waals surface area (Å²) in [5, 5.41) is 22.3. The van der Waals surface area contributed by atoms with Crippen molar-refractivity contribution in [3.63, 3.8) is 0 Å². The lowest BCUT2D eigenvalue weighted by Gasteiger charge is -2.37. The summed E-state index contributed by atoms with van der Waals surface area (Å²) < 4.78 is 5.27. The molecule has 0 saturated carbocycles. The molecular weight excluding hydrogens is 270 g/mol. The standard InChI is InChI=1S/C13H16ClNO4/c14-9-1-2-11(10(7-9)12(17)18)15-13(8-16)3-5-19-6-4-13/h1-2,7,15-16H,3-6,8H2,(H,17,18). The van der Waals surface area contributed by atoms with Crippen LogP contribution in [0.2, 0.25) is 5.02 Å². The summed E-state index contributed by atoms with van der Waals surface area (Å²) in [5.74, 6) is -1.05. The molecule has 0 spiro atoms. The number of carbonyl (C=O) groups is 1. The molecule has 0 aromatic heterocycles. The molecule has 0 aliphatic carbocycles. The highest BCUT2D eigenvalue weighted by atomic mass is 35.5. The Kier molecular flexibility index (Phi) is 4.29. The fourth-order valence-corrected chi connectivity index (χ4v) is 2.34. The third-order valence-electron chi connectivity index (χ3n) is 3.36. The smallest absolute Gasteiger partial charge is 0.337 e. The van der Waals surface area contributed by atoms with E-state index in [0.29, 0.717) is 36.8 Å². The Hall–Kier alpha value is -1.30. The van der Waals surface area contributed by atoms with Crippen molar-refractivity contribution in [3.8, 4) is 0 Å². The number of anilines is 1. The van der Waals surface area contributed by atoms with Crippen molar-refractivity contribution in [1.82, 2.24) is 0 Å². The molecule has 0 radical (unpaired) electrons. The van der Waals surface area contributed by atoms with E-state index in [2.05, 4.69) is 5.32 Å². The zero-order valence-electron chi connectivity index (χ0n) is 10.4. The third-order valence-corrected chi connectivity index (χ3v) is 3.60. The topological polar surface area (TPSA) is 78.8 Å². The first kappa shape index (κ1) is 14.1. The fourth-order valence-electron chi connectivity index (χ4n) is 2.17. The van der Waals surface area contributed by atoms with Gasteiger partial charge in [-0.2, -0.15) is 0 Å². The molecule has 1 fully saturated rings. The van der Waals surface area contributed by atoms with Gasteiger partial charge in [0.05, 0.1) is 17.7 Å². The highest BCUT2D eigenvalue weighted by Crippen LogP contribution is 2.29. The van der Waals surface area contributed by atoms with Crippen LogP contribution in [-0.4, -0.2) is 41.5 Å². The summed E-state index contributed by atoms with van der Waals surface area (Å²) in [6.45, 7) is 1.02. The van der Waals surface area contributed by atoms with E-state index in [4.69, 9.17) is 16.3 Å². The van der Waals surface area contributed by atoms with Crippen LogP contribution in [0, 0.1) is 0 Å². The second-order valence-corrected chi connectivity index (χ2v) is 5.11. The van der Waals surface area contributed by atoms with E-state index in [1.807, 2.05) is 0 Å².